The molecule has 15 heterocycles. The lowest BCUT2D eigenvalue weighted by Gasteiger charge is -2.50. The fourth-order valence-electron chi connectivity index (χ4n) is 15.7. The predicted octanol–water partition coefficient (Wildman–Crippen LogP) is -4.35. The Morgan fingerprint density at radius 3 is 1.22 bits per heavy atom. The molecule has 0 amide bonds. The van der Waals surface area contributed by atoms with Crippen molar-refractivity contribution < 1.29 is 39.6 Å². The smallest absolute Gasteiger partial charge is 0.328 e. The van der Waals surface area contributed by atoms with Crippen LogP contribution < -0.4 is 85.5 Å². The Balaban J connectivity index is 0.000000133. The summed E-state index contributed by atoms with van der Waals surface area (Å²) in [6.45, 7) is 49.3. The van der Waals surface area contributed by atoms with E-state index in [2.05, 4.69) is 180 Å². The molecule has 0 aromatic carbocycles. The number of carboxylic acids is 1. The van der Waals surface area contributed by atoms with Gasteiger partial charge < -0.3 is 138 Å². The Kier molecular flexibility index (Phi) is 16.8. The van der Waals surface area contributed by atoms with Crippen molar-refractivity contribution >= 4 is 23.3 Å². The molecule has 15 aliphatic heterocycles. The van der Waals surface area contributed by atoms with Crippen LogP contribution in [0.1, 0.15) is 35.1 Å². The van der Waals surface area contributed by atoms with Gasteiger partial charge in [-0.1, -0.05) is 98.4 Å². The molecule has 90 heavy (non-hydrogen) atoms. The van der Waals surface area contributed by atoms with Gasteiger partial charge in [-0.05, 0) is 39.0 Å². The van der Waals surface area contributed by atoms with Gasteiger partial charge in [-0.2, -0.15) is 0 Å². The molecule has 490 valence electrons. The van der Waals surface area contributed by atoms with Crippen LogP contribution >= 0.6 is 0 Å². The number of carboxylic acid groups (broad SMARTS) is 1. The van der Waals surface area contributed by atoms with Gasteiger partial charge in [-0.25, -0.2) is 4.79 Å². The zero-order chi connectivity index (χ0) is 63.6. The third kappa shape index (κ3) is 9.65. The Morgan fingerprint density at radius 1 is 0.489 bits per heavy atom. The summed E-state index contributed by atoms with van der Waals surface area (Å²) in [4.78, 5) is 56.9. The van der Waals surface area contributed by atoms with Crippen molar-refractivity contribution in [3.05, 3.63) is 168 Å². The van der Waals surface area contributed by atoms with Crippen LogP contribution in [-0.2, 0) is 19.2 Å². The van der Waals surface area contributed by atoms with E-state index in [-0.39, 0.29) is 92.7 Å². The Labute approximate surface area is 526 Å². The van der Waals surface area contributed by atoms with Crippen LogP contribution in [0.5, 0.6) is 0 Å². The second kappa shape index (κ2) is 23.1. The van der Waals surface area contributed by atoms with Crippen molar-refractivity contribution in [2.75, 3.05) is 39.3 Å². The van der Waals surface area contributed by atoms with Gasteiger partial charge in [0.15, 0.2) is 51.7 Å². The van der Waals surface area contributed by atoms with E-state index in [0.29, 0.717) is 54.6 Å². The van der Waals surface area contributed by atoms with Crippen LogP contribution in [0.4, 0.5) is 0 Å². The fraction of sp³-hybridized carbons (Fsp3) is 0.492. The molecule has 0 radical (unpaired) electrons. The van der Waals surface area contributed by atoms with Gasteiger partial charge in [-0.3, -0.25) is 14.4 Å². The summed E-state index contributed by atoms with van der Waals surface area (Å²) in [5.41, 5.74) is 3.14. The summed E-state index contributed by atoms with van der Waals surface area (Å²) in [7, 11) is 0. The van der Waals surface area contributed by atoms with E-state index < -0.39 is 65.0 Å². The number of carbonyl (C=O) groups excluding carboxylic acids is 3. The standard InChI is InChI=1S/C13H20N4O2.C12H19N5O2.C12H16N4O.C11H14N4O2.C11H16N4O.CH4.CH3/c1-6-5-17-9(4)15-10(7(2)18)11-13(17,12(6)19)16-8(3)14-11;1-5(18)9-10-12(16-6(2)14-10)11(19)8(13)4-17(12)7(3)15-9;1-7(17)10-11-12(15-8(2)13-11)5-4-6-16(12)9(3)14-10;1-6-12-9-8(10(16)17)13-7(2)15-5-3-4-11(9,15)14-6;1-7-12-10-9(6-16)13-8(2)15-5-3-4-11(10,15)14-7;;/h6,10-12,14-16,19H,3-5H2,1-2H3;8-11,14-16,19H,2-4,13H2,1H3;4-5,10-11,13-15H,2-3,6H2,1H3;3-4,8-9,12-14H,1-2,5H2,(H,16,17);3-4,9-10,12-14,16H,1-2,5-6H2;1H4;1H3/q;;;;;;-1/t6-,10-,11-,12-,13?;8-,9-,10-,11-,12?;10-,11-,12?;8-,9+,11?;9-,10-,11?;;/m00010../s1. The SMILES string of the molecule is C.C=C1N[C@H]2[C@H](C(=O)O)NC(=C)N3CC=CC23N1.C=C1N[C@H]2[C@H](C(C)=O)NC(=C)N3CC=CC23N1.C=C1N[C@H]2[C@H](C(C)=O)NC(=C)N3C[C@H](C)[C@H](O)C23N1.C=C1N[C@H]2[C@H](C(C)=O)NC(=C)N3C[C@H](N)[C@H](O)C23N1.C=C1N[C@H]2[C@H](CO)NC(=C)N3CC=CC23N1.[CH3-]. The van der Waals surface area contributed by atoms with Gasteiger partial charge in [0.25, 0.3) is 0 Å². The molecule has 0 aromatic rings. The number of aliphatic hydroxyl groups is 3. The van der Waals surface area contributed by atoms with Crippen molar-refractivity contribution in [2.45, 2.75) is 142 Å². The molecule has 0 bridgehead atoms. The number of nitrogens with one attached hydrogen (secondary N) is 15. The van der Waals surface area contributed by atoms with E-state index >= 15 is 0 Å². The third-order valence-corrected chi connectivity index (χ3v) is 19.5. The topological polar surface area (TPSA) is 372 Å². The second-order valence-electron chi connectivity index (χ2n) is 24.9. The largest absolute Gasteiger partial charge is 0.480 e. The summed E-state index contributed by atoms with van der Waals surface area (Å²) >= 11 is 0. The first kappa shape index (κ1) is 65.4. The minimum Gasteiger partial charge on any atom is -0.480 e. The maximum absolute atomic E-state index is 11.9. The number of rotatable bonds is 5. The molecule has 29 heteroatoms. The van der Waals surface area contributed by atoms with E-state index in [1.807, 2.05) is 33.8 Å². The minimum atomic E-state index is -0.903. The quantitative estimate of drug-likeness (QED) is 0.0914. The van der Waals surface area contributed by atoms with Gasteiger partial charge in [0.1, 0.15) is 42.4 Å². The molecule has 12 saturated heterocycles. The molecular weight excluding hydrogens is 1150 g/mol. The molecule has 29 nitrogen and oxygen atoms in total. The van der Waals surface area contributed by atoms with Crippen molar-refractivity contribution in [3.63, 3.8) is 0 Å². The first-order valence-electron chi connectivity index (χ1n) is 29.3. The average molecular weight is 1250 g/mol. The Hall–Kier alpha value is -9.06. The lowest BCUT2D eigenvalue weighted by atomic mass is 9.84. The number of Topliss-reactive ketones (excluding diaryl/α,β-unsaturated/α-hetero) is 3. The molecule has 21 N–H and O–H groups in total. The van der Waals surface area contributed by atoms with Gasteiger partial charge in [0.2, 0.25) is 0 Å². The molecule has 15 aliphatic rings. The van der Waals surface area contributed by atoms with Crippen LogP contribution in [0.25, 0.3) is 0 Å². The molecule has 0 aliphatic carbocycles. The van der Waals surface area contributed by atoms with E-state index in [1.54, 1.807) is 13.8 Å². The van der Waals surface area contributed by atoms with E-state index in [4.69, 9.17) is 5.73 Å². The number of ketones is 3. The van der Waals surface area contributed by atoms with Gasteiger partial charge >= 0.3 is 5.97 Å². The highest BCUT2D eigenvalue weighted by Crippen LogP contribution is 2.45. The molecular formula is C61H92N21O8-. The van der Waals surface area contributed by atoms with Crippen molar-refractivity contribution in [1.82, 2.24) is 104 Å². The van der Waals surface area contributed by atoms with Gasteiger partial charge in [0, 0.05) is 38.6 Å². The summed E-state index contributed by atoms with van der Waals surface area (Å²) in [5, 5.41) is 87.6. The van der Waals surface area contributed by atoms with E-state index in [1.165, 1.54) is 6.92 Å². The summed E-state index contributed by atoms with van der Waals surface area (Å²) in [6.07, 6.45) is 11.0. The van der Waals surface area contributed by atoms with Crippen LogP contribution in [0.15, 0.2) is 160 Å². The van der Waals surface area contributed by atoms with Gasteiger partial charge in [0.05, 0.1) is 95.0 Å². The van der Waals surface area contributed by atoms with Crippen LogP contribution in [0, 0.1) is 13.3 Å². The number of carbonyl (C=O) groups is 4. The number of hydrogen-bond acceptors (Lipinski definition) is 28. The molecule has 0 saturated carbocycles. The minimum absolute atomic E-state index is 0. The third-order valence-electron chi connectivity index (χ3n) is 19.5. The molecule has 12 fully saturated rings. The number of aliphatic hydroxyl groups excluding tert-OH is 3. The van der Waals surface area contributed by atoms with Crippen LogP contribution in [-0.4, -0.2) is 215 Å². The maximum Gasteiger partial charge on any atom is 0.328 e. The highest BCUT2D eigenvalue weighted by molar-refractivity contribution is 5.85. The highest BCUT2D eigenvalue weighted by Gasteiger charge is 2.67. The lowest BCUT2D eigenvalue weighted by Crippen LogP contribution is -2.75. The maximum atomic E-state index is 11.9. The first-order chi connectivity index (χ1) is 41.5. The van der Waals surface area contributed by atoms with E-state index in [0.717, 1.165) is 36.4 Å². The van der Waals surface area contributed by atoms with E-state index in [9.17, 15) is 39.6 Å². The number of nitrogens with zero attached hydrogens (tertiary/aromatic N) is 5. The molecule has 0 aromatic heterocycles. The van der Waals surface area contributed by atoms with Crippen molar-refractivity contribution in [1.29, 1.82) is 0 Å². The summed E-state index contributed by atoms with van der Waals surface area (Å²) < 4.78 is 0. The normalized spacial score (nSPS) is 40.1. The van der Waals surface area contributed by atoms with Crippen LogP contribution in [0.3, 0.4) is 0 Å². The van der Waals surface area contributed by atoms with Crippen molar-refractivity contribution in [3.8, 4) is 0 Å². The summed E-state index contributed by atoms with van der Waals surface area (Å²) in [5.74, 6) is 6.13. The molecule has 19 atom stereocenters. The number of aliphatic carboxylic acids is 1. The van der Waals surface area contributed by atoms with Gasteiger partial charge in [-0.15, -0.1) is 0 Å². The first-order valence-corrected chi connectivity index (χ1v) is 29.3. The average Bonchev–Trinajstić information content (AvgIpc) is 1.57. The second-order valence-corrected chi connectivity index (χ2v) is 24.9. The highest BCUT2D eigenvalue weighted by atomic mass is 16.4. The molecule has 5 spiro atoms. The zero-order valence-electron chi connectivity index (χ0n) is 51.1. The monoisotopic (exact) mass is 1250 g/mol. The number of hydrogen-bond donors (Lipinski definition) is 20. The summed E-state index contributed by atoms with van der Waals surface area (Å²) in [6, 6.07) is -3.28. The molecule has 15 rings (SSSR count). The Bertz CT molecular complexity index is 3050. The van der Waals surface area contributed by atoms with Crippen molar-refractivity contribution in [2.24, 2.45) is 11.7 Å². The predicted molar refractivity (Wildman–Crippen MR) is 340 cm³/mol. The zero-order valence-corrected chi connectivity index (χ0v) is 51.1. The fourth-order valence-corrected chi connectivity index (χ4v) is 15.7. The number of nitrogens with two attached hydrogens (primary N) is 1. The molecule has 5 unspecified atom stereocenters. The lowest BCUT2D eigenvalue weighted by molar-refractivity contribution is -0.142. The Morgan fingerprint density at radius 2 is 0.811 bits per heavy atom. The van der Waals surface area contributed by atoms with Crippen LogP contribution in [0.2, 0.25) is 0 Å².